The van der Waals surface area contributed by atoms with Crippen LogP contribution in [-0.4, -0.2) is 78.0 Å². The van der Waals surface area contributed by atoms with E-state index in [9.17, 15) is 9.59 Å². The molecule has 0 bridgehead atoms. The molecule has 0 spiro atoms. The lowest BCUT2D eigenvalue weighted by Crippen LogP contribution is -2.56. The van der Waals surface area contributed by atoms with Crippen molar-refractivity contribution in [2.75, 3.05) is 40.0 Å². The van der Waals surface area contributed by atoms with Crippen LogP contribution in [0.15, 0.2) is 0 Å². The van der Waals surface area contributed by atoms with Crippen molar-refractivity contribution in [3.63, 3.8) is 0 Å². The topological polar surface area (TPSA) is 90.3 Å². The number of ether oxygens (including phenoxy) is 1. The number of carbonyl (C=O) groups excluding carboxylic acids is 1. The zero-order valence-corrected chi connectivity index (χ0v) is 11.2. The number of urea groups is 1. The van der Waals surface area contributed by atoms with E-state index >= 15 is 0 Å². The molecule has 7 heteroatoms. The van der Waals surface area contributed by atoms with Crippen LogP contribution in [0.1, 0.15) is 19.3 Å². The predicted molar refractivity (Wildman–Crippen MR) is 67.9 cm³/mol. The SMILES string of the molecule is CN(CCCCCO)C(=O)N1CCOCC1C(=O)O. The second-order valence-corrected chi connectivity index (χ2v) is 4.61. The van der Waals surface area contributed by atoms with Gasteiger partial charge in [-0.15, -0.1) is 0 Å². The van der Waals surface area contributed by atoms with Crippen LogP contribution in [0.4, 0.5) is 4.79 Å². The maximum atomic E-state index is 12.2. The number of aliphatic hydroxyl groups excluding tert-OH is 1. The van der Waals surface area contributed by atoms with E-state index < -0.39 is 12.0 Å². The molecule has 0 aromatic rings. The number of rotatable bonds is 6. The first-order valence-corrected chi connectivity index (χ1v) is 6.51. The number of carboxylic acids is 1. The Labute approximate surface area is 112 Å². The quantitative estimate of drug-likeness (QED) is 0.665. The minimum absolute atomic E-state index is 0.0411. The van der Waals surface area contributed by atoms with Crippen LogP contribution >= 0.6 is 0 Å². The molecule has 1 rings (SSSR count). The molecule has 0 aromatic heterocycles. The first-order valence-electron chi connectivity index (χ1n) is 6.51. The van der Waals surface area contributed by atoms with E-state index in [0.29, 0.717) is 19.7 Å². The summed E-state index contributed by atoms with van der Waals surface area (Å²) in [4.78, 5) is 26.1. The molecule has 1 saturated heterocycles. The Bertz CT molecular complexity index is 310. The Morgan fingerprint density at radius 2 is 2.11 bits per heavy atom. The van der Waals surface area contributed by atoms with Crippen LogP contribution in [0.5, 0.6) is 0 Å². The van der Waals surface area contributed by atoms with Gasteiger partial charge < -0.3 is 24.7 Å². The highest BCUT2D eigenvalue weighted by atomic mass is 16.5. The molecule has 1 aliphatic heterocycles. The van der Waals surface area contributed by atoms with Crippen LogP contribution in [-0.2, 0) is 9.53 Å². The summed E-state index contributed by atoms with van der Waals surface area (Å²) in [5, 5.41) is 17.7. The summed E-state index contributed by atoms with van der Waals surface area (Å²) in [5.41, 5.74) is 0. The Morgan fingerprint density at radius 3 is 2.74 bits per heavy atom. The van der Waals surface area contributed by atoms with Crippen molar-refractivity contribution in [2.24, 2.45) is 0 Å². The van der Waals surface area contributed by atoms with Crippen LogP contribution in [0, 0.1) is 0 Å². The molecule has 0 saturated carbocycles. The molecular formula is C12H22N2O5. The second kappa shape index (κ2) is 7.96. The number of aliphatic hydroxyl groups is 1. The van der Waals surface area contributed by atoms with Crippen LogP contribution in [0.2, 0.25) is 0 Å². The van der Waals surface area contributed by atoms with Gasteiger partial charge >= 0.3 is 12.0 Å². The van der Waals surface area contributed by atoms with Crippen molar-refractivity contribution in [1.29, 1.82) is 0 Å². The van der Waals surface area contributed by atoms with Gasteiger partial charge in [-0.05, 0) is 19.3 Å². The maximum Gasteiger partial charge on any atom is 0.328 e. The molecule has 0 aliphatic carbocycles. The van der Waals surface area contributed by atoms with Crippen molar-refractivity contribution in [3.8, 4) is 0 Å². The third-order valence-electron chi connectivity index (χ3n) is 3.14. The van der Waals surface area contributed by atoms with Crippen molar-refractivity contribution in [3.05, 3.63) is 0 Å². The summed E-state index contributed by atoms with van der Waals surface area (Å²) in [6.45, 7) is 1.43. The summed E-state index contributed by atoms with van der Waals surface area (Å²) >= 11 is 0. The Kier molecular flexibility index (Phi) is 6.58. The number of morpholine rings is 1. The molecule has 1 atom stereocenters. The van der Waals surface area contributed by atoms with Crippen molar-refractivity contribution in [1.82, 2.24) is 9.80 Å². The van der Waals surface area contributed by atoms with E-state index in [1.165, 1.54) is 9.80 Å². The Balaban J connectivity index is 2.46. The number of aliphatic carboxylic acids is 1. The molecule has 1 aliphatic rings. The van der Waals surface area contributed by atoms with Crippen LogP contribution < -0.4 is 0 Å². The third kappa shape index (κ3) is 4.68. The summed E-state index contributed by atoms with van der Waals surface area (Å²) in [6.07, 6.45) is 2.36. The van der Waals surface area contributed by atoms with Gasteiger partial charge in [-0.2, -0.15) is 0 Å². The third-order valence-corrected chi connectivity index (χ3v) is 3.14. The summed E-state index contributed by atoms with van der Waals surface area (Å²) in [6, 6.07) is -1.18. The normalized spacial score (nSPS) is 19.3. The van der Waals surface area contributed by atoms with Gasteiger partial charge in [-0.25, -0.2) is 9.59 Å². The van der Waals surface area contributed by atoms with Gasteiger partial charge in [0, 0.05) is 26.7 Å². The number of hydrogen-bond acceptors (Lipinski definition) is 4. The molecule has 1 unspecified atom stereocenters. The number of amides is 2. The molecule has 2 amide bonds. The summed E-state index contributed by atoms with van der Waals surface area (Å²) in [5.74, 6) is -1.04. The lowest BCUT2D eigenvalue weighted by Gasteiger charge is -2.35. The molecule has 1 fully saturated rings. The minimum Gasteiger partial charge on any atom is -0.480 e. The summed E-state index contributed by atoms with van der Waals surface area (Å²) in [7, 11) is 1.66. The van der Waals surface area contributed by atoms with Crippen LogP contribution in [0.25, 0.3) is 0 Å². The van der Waals surface area contributed by atoms with Gasteiger partial charge in [-0.1, -0.05) is 0 Å². The minimum atomic E-state index is -1.04. The van der Waals surface area contributed by atoms with Gasteiger partial charge in [0.05, 0.1) is 13.2 Å². The van der Waals surface area contributed by atoms with E-state index in [0.717, 1.165) is 19.3 Å². The van der Waals surface area contributed by atoms with Gasteiger partial charge in [0.25, 0.3) is 0 Å². The fourth-order valence-electron chi connectivity index (χ4n) is 1.99. The monoisotopic (exact) mass is 274 g/mol. The van der Waals surface area contributed by atoms with Crippen molar-refractivity contribution < 1.29 is 24.5 Å². The van der Waals surface area contributed by atoms with E-state index in [4.69, 9.17) is 14.9 Å². The molecule has 0 radical (unpaired) electrons. The predicted octanol–water partition coefficient (Wildman–Crippen LogP) is -0.0138. The van der Waals surface area contributed by atoms with E-state index in [1.54, 1.807) is 7.05 Å². The van der Waals surface area contributed by atoms with E-state index in [-0.39, 0.29) is 19.2 Å². The standard InChI is InChI=1S/C12H22N2O5/c1-13(5-3-2-4-7-15)12(18)14-6-8-19-9-10(14)11(16)17/h10,15H,2-9H2,1H3,(H,16,17). The molecular weight excluding hydrogens is 252 g/mol. The fourth-order valence-corrected chi connectivity index (χ4v) is 1.99. The smallest absolute Gasteiger partial charge is 0.328 e. The van der Waals surface area contributed by atoms with E-state index in [1.807, 2.05) is 0 Å². The lowest BCUT2D eigenvalue weighted by atomic mass is 10.2. The largest absolute Gasteiger partial charge is 0.480 e. The van der Waals surface area contributed by atoms with Gasteiger partial charge in [-0.3, -0.25) is 0 Å². The number of carbonyl (C=O) groups is 2. The van der Waals surface area contributed by atoms with Crippen LogP contribution in [0.3, 0.4) is 0 Å². The average molecular weight is 274 g/mol. The molecule has 110 valence electrons. The Hall–Kier alpha value is -1.34. The second-order valence-electron chi connectivity index (χ2n) is 4.61. The highest BCUT2D eigenvalue weighted by molar-refractivity contribution is 5.82. The Morgan fingerprint density at radius 1 is 1.37 bits per heavy atom. The number of unbranched alkanes of at least 4 members (excludes halogenated alkanes) is 2. The molecule has 7 nitrogen and oxygen atoms in total. The van der Waals surface area contributed by atoms with Gasteiger partial charge in [0.15, 0.2) is 6.04 Å². The average Bonchev–Trinajstić information content (AvgIpc) is 2.42. The molecule has 2 N–H and O–H groups in total. The lowest BCUT2D eigenvalue weighted by molar-refractivity contribution is -0.147. The van der Waals surface area contributed by atoms with Gasteiger partial charge in [0.2, 0.25) is 0 Å². The highest BCUT2D eigenvalue weighted by Crippen LogP contribution is 2.10. The number of carboxylic acid groups (broad SMARTS) is 1. The van der Waals surface area contributed by atoms with Crippen molar-refractivity contribution >= 4 is 12.0 Å². The highest BCUT2D eigenvalue weighted by Gasteiger charge is 2.33. The molecule has 1 heterocycles. The summed E-state index contributed by atoms with van der Waals surface area (Å²) < 4.78 is 5.10. The number of nitrogens with zero attached hydrogens (tertiary/aromatic N) is 2. The number of hydrogen-bond donors (Lipinski definition) is 2. The van der Waals surface area contributed by atoms with Gasteiger partial charge in [0.1, 0.15) is 0 Å². The molecule has 0 aromatic carbocycles. The zero-order chi connectivity index (χ0) is 14.3. The first-order chi connectivity index (χ1) is 9.07. The maximum absolute atomic E-state index is 12.2. The molecule has 19 heavy (non-hydrogen) atoms. The fraction of sp³-hybridized carbons (Fsp3) is 0.833. The van der Waals surface area contributed by atoms with Crippen molar-refractivity contribution in [2.45, 2.75) is 25.3 Å². The zero-order valence-electron chi connectivity index (χ0n) is 11.2. The first kappa shape index (κ1) is 15.7. The van der Waals surface area contributed by atoms with E-state index in [2.05, 4.69) is 0 Å².